The molecule has 0 bridgehead atoms. The lowest BCUT2D eigenvalue weighted by Crippen LogP contribution is -2.34. The van der Waals surface area contributed by atoms with Crippen LogP contribution in [0.15, 0.2) is 18.2 Å². The standard InChI is InChI=1S/C13H17N3O2/c1-7(8(2)14)13(18)15-10-3-4-11-9(5-10)6-12(17)16-11/h3-5,7-8H,6,14H2,1-2H3,(H,15,18)(H,16,17). The van der Waals surface area contributed by atoms with Gasteiger partial charge in [-0.3, -0.25) is 9.59 Å². The first-order valence-corrected chi connectivity index (χ1v) is 5.96. The fourth-order valence-electron chi connectivity index (χ4n) is 1.80. The average molecular weight is 247 g/mol. The largest absolute Gasteiger partial charge is 0.327 e. The molecule has 2 rings (SSSR count). The molecule has 1 aliphatic heterocycles. The van der Waals surface area contributed by atoms with Crippen molar-refractivity contribution in [3.05, 3.63) is 23.8 Å². The van der Waals surface area contributed by atoms with Crippen LogP contribution in [0.2, 0.25) is 0 Å². The molecule has 1 aromatic carbocycles. The van der Waals surface area contributed by atoms with Crippen molar-refractivity contribution in [2.75, 3.05) is 10.6 Å². The molecule has 0 aliphatic carbocycles. The van der Waals surface area contributed by atoms with Gasteiger partial charge in [-0.2, -0.15) is 0 Å². The topological polar surface area (TPSA) is 84.2 Å². The second-order valence-corrected chi connectivity index (χ2v) is 4.73. The summed E-state index contributed by atoms with van der Waals surface area (Å²) >= 11 is 0. The number of rotatable bonds is 3. The highest BCUT2D eigenvalue weighted by Gasteiger charge is 2.20. The third-order valence-electron chi connectivity index (χ3n) is 3.20. The van der Waals surface area contributed by atoms with E-state index >= 15 is 0 Å². The van der Waals surface area contributed by atoms with Gasteiger partial charge in [-0.15, -0.1) is 0 Å². The van der Waals surface area contributed by atoms with E-state index in [2.05, 4.69) is 10.6 Å². The molecule has 0 saturated heterocycles. The number of carbonyl (C=O) groups excluding carboxylic acids is 2. The summed E-state index contributed by atoms with van der Waals surface area (Å²) in [5.41, 5.74) is 8.11. The van der Waals surface area contributed by atoms with Gasteiger partial charge in [-0.1, -0.05) is 6.92 Å². The van der Waals surface area contributed by atoms with E-state index in [9.17, 15) is 9.59 Å². The van der Waals surface area contributed by atoms with Gasteiger partial charge in [0.05, 0.1) is 12.3 Å². The molecule has 2 atom stereocenters. The van der Waals surface area contributed by atoms with Crippen molar-refractivity contribution < 1.29 is 9.59 Å². The molecule has 1 aliphatic rings. The summed E-state index contributed by atoms with van der Waals surface area (Å²) < 4.78 is 0. The van der Waals surface area contributed by atoms with Crippen molar-refractivity contribution >= 4 is 23.2 Å². The van der Waals surface area contributed by atoms with E-state index in [1.807, 2.05) is 6.07 Å². The Hall–Kier alpha value is -1.88. The third kappa shape index (κ3) is 2.51. The number of hydrogen-bond acceptors (Lipinski definition) is 3. The third-order valence-corrected chi connectivity index (χ3v) is 3.20. The number of nitrogens with one attached hydrogen (secondary N) is 2. The monoisotopic (exact) mass is 247 g/mol. The quantitative estimate of drug-likeness (QED) is 0.748. The maximum Gasteiger partial charge on any atom is 0.228 e. The highest BCUT2D eigenvalue weighted by Crippen LogP contribution is 2.26. The zero-order chi connectivity index (χ0) is 13.3. The molecule has 0 spiro atoms. The molecule has 18 heavy (non-hydrogen) atoms. The molecule has 1 heterocycles. The lowest BCUT2D eigenvalue weighted by molar-refractivity contribution is -0.119. The zero-order valence-corrected chi connectivity index (χ0v) is 10.5. The first kappa shape index (κ1) is 12.6. The van der Waals surface area contributed by atoms with Gasteiger partial charge in [0.15, 0.2) is 0 Å². The molecule has 5 heteroatoms. The van der Waals surface area contributed by atoms with Crippen molar-refractivity contribution in [1.29, 1.82) is 0 Å². The van der Waals surface area contributed by atoms with Crippen molar-refractivity contribution in [2.45, 2.75) is 26.3 Å². The van der Waals surface area contributed by atoms with E-state index in [-0.39, 0.29) is 23.8 Å². The Kier molecular flexibility index (Phi) is 3.34. The van der Waals surface area contributed by atoms with E-state index in [0.717, 1.165) is 11.3 Å². The maximum absolute atomic E-state index is 11.8. The van der Waals surface area contributed by atoms with Gasteiger partial charge in [0, 0.05) is 17.4 Å². The van der Waals surface area contributed by atoms with Crippen molar-refractivity contribution in [2.24, 2.45) is 11.7 Å². The summed E-state index contributed by atoms with van der Waals surface area (Å²) in [7, 11) is 0. The minimum absolute atomic E-state index is 0.0163. The molecule has 2 unspecified atom stereocenters. The van der Waals surface area contributed by atoms with Crippen LogP contribution in [0.1, 0.15) is 19.4 Å². The Bertz CT molecular complexity index is 497. The number of fused-ring (bicyclic) bond motifs is 1. The minimum atomic E-state index is -0.252. The molecule has 0 radical (unpaired) electrons. The molecule has 2 amide bonds. The zero-order valence-electron chi connectivity index (χ0n) is 10.5. The minimum Gasteiger partial charge on any atom is -0.327 e. The van der Waals surface area contributed by atoms with Crippen LogP contribution in [-0.4, -0.2) is 17.9 Å². The lowest BCUT2D eigenvalue weighted by atomic mass is 10.0. The number of carbonyl (C=O) groups is 2. The first-order valence-electron chi connectivity index (χ1n) is 5.96. The Balaban J connectivity index is 2.10. The molecule has 4 N–H and O–H groups in total. The molecule has 1 aromatic rings. The van der Waals surface area contributed by atoms with Gasteiger partial charge in [-0.25, -0.2) is 0 Å². The second-order valence-electron chi connectivity index (χ2n) is 4.73. The first-order chi connectivity index (χ1) is 8.47. The number of benzene rings is 1. The van der Waals surface area contributed by atoms with E-state index in [1.165, 1.54) is 0 Å². The van der Waals surface area contributed by atoms with Crippen LogP contribution in [0.5, 0.6) is 0 Å². The Morgan fingerprint density at radius 3 is 2.83 bits per heavy atom. The Labute approximate surface area is 106 Å². The summed E-state index contributed by atoms with van der Waals surface area (Å²) in [6, 6.07) is 5.20. The van der Waals surface area contributed by atoms with Gasteiger partial charge in [0.25, 0.3) is 0 Å². The SMILES string of the molecule is CC(N)C(C)C(=O)Nc1ccc2c(c1)CC(=O)N2. The molecule has 0 fully saturated rings. The van der Waals surface area contributed by atoms with Gasteiger partial charge in [0.1, 0.15) is 0 Å². The normalized spacial score (nSPS) is 16.7. The molecular weight excluding hydrogens is 230 g/mol. The summed E-state index contributed by atoms with van der Waals surface area (Å²) in [5, 5.41) is 5.56. The highest BCUT2D eigenvalue weighted by molar-refractivity contribution is 6.00. The molecule has 96 valence electrons. The molecule has 0 aromatic heterocycles. The average Bonchev–Trinajstić information content (AvgIpc) is 2.67. The highest BCUT2D eigenvalue weighted by atomic mass is 16.2. The molecular formula is C13H17N3O2. The fraction of sp³-hybridized carbons (Fsp3) is 0.385. The number of nitrogens with two attached hydrogens (primary N) is 1. The van der Waals surface area contributed by atoms with Crippen LogP contribution >= 0.6 is 0 Å². The number of anilines is 2. The van der Waals surface area contributed by atoms with Crippen LogP contribution in [0.25, 0.3) is 0 Å². The van der Waals surface area contributed by atoms with Gasteiger partial charge in [0.2, 0.25) is 11.8 Å². The van der Waals surface area contributed by atoms with Gasteiger partial charge >= 0.3 is 0 Å². The fourth-order valence-corrected chi connectivity index (χ4v) is 1.80. The van der Waals surface area contributed by atoms with Crippen LogP contribution in [0.3, 0.4) is 0 Å². The van der Waals surface area contributed by atoms with Crippen molar-refractivity contribution in [3.63, 3.8) is 0 Å². The van der Waals surface area contributed by atoms with E-state index in [1.54, 1.807) is 26.0 Å². The number of amides is 2. The maximum atomic E-state index is 11.8. The van der Waals surface area contributed by atoms with E-state index in [4.69, 9.17) is 5.73 Å². The van der Waals surface area contributed by atoms with E-state index in [0.29, 0.717) is 12.1 Å². The van der Waals surface area contributed by atoms with Crippen LogP contribution in [-0.2, 0) is 16.0 Å². The summed E-state index contributed by atoms with van der Waals surface area (Å²) in [6.07, 6.45) is 0.363. The van der Waals surface area contributed by atoms with E-state index < -0.39 is 0 Å². The lowest BCUT2D eigenvalue weighted by Gasteiger charge is -2.15. The summed E-state index contributed by atoms with van der Waals surface area (Å²) in [5.74, 6) is -0.377. The molecule has 5 nitrogen and oxygen atoms in total. The predicted octanol–water partition coefficient (Wildman–Crippen LogP) is 1.10. The van der Waals surface area contributed by atoms with Gasteiger partial charge in [-0.05, 0) is 30.7 Å². The van der Waals surface area contributed by atoms with Gasteiger partial charge < -0.3 is 16.4 Å². The second kappa shape index (κ2) is 4.78. The van der Waals surface area contributed by atoms with Crippen LogP contribution < -0.4 is 16.4 Å². The smallest absolute Gasteiger partial charge is 0.228 e. The van der Waals surface area contributed by atoms with Crippen molar-refractivity contribution in [1.82, 2.24) is 0 Å². The summed E-state index contributed by atoms with van der Waals surface area (Å²) in [4.78, 5) is 23.1. The summed E-state index contributed by atoms with van der Waals surface area (Å²) in [6.45, 7) is 3.59. The molecule has 0 saturated carbocycles. The predicted molar refractivity (Wildman–Crippen MR) is 70.2 cm³/mol. The Morgan fingerprint density at radius 2 is 2.17 bits per heavy atom. The van der Waals surface area contributed by atoms with Crippen molar-refractivity contribution in [3.8, 4) is 0 Å². The van der Waals surface area contributed by atoms with Crippen LogP contribution in [0, 0.1) is 5.92 Å². The Morgan fingerprint density at radius 1 is 1.44 bits per heavy atom. The van der Waals surface area contributed by atoms with Crippen LogP contribution in [0.4, 0.5) is 11.4 Å². The number of hydrogen-bond donors (Lipinski definition) is 3.